The maximum atomic E-state index is 12.7. The van der Waals surface area contributed by atoms with E-state index in [9.17, 15) is 19.2 Å². The molecule has 0 radical (unpaired) electrons. The quantitative estimate of drug-likeness (QED) is 0.0987. The number of hydrogen-bond donors (Lipinski definition) is 4. The summed E-state index contributed by atoms with van der Waals surface area (Å²) in [5.74, 6) is -0.165. The van der Waals surface area contributed by atoms with Gasteiger partial charge in [-0.15, -0.1) is 20.4 Å². The first-order chi connectivity index (χ1) is 23.4. The van der Waals surface area contributed by atoms with Crippen molar-refractivity contribution in [1.29, 1.82) is 0 Å². The third kappa shape index (κ3) is 14.0. The minimum atomic E-state index is -0.319. The number of carbonyl (C=O) groups excluding carboxylic acids is 4. The minimum Gasteiger partial charge on any atom is -0.394 e. The lowest BCUT2D eigenvalue weighted by Crippen LogP contribution is -2.27. The summed E-state index contributed by atoms with van der Waals surface area (Å²) >= 11 is 0. The predicted molar refractivity (Wildman–Crippen MR) is 172 cm³/mol. The molecule has 258 valence electrons. The fraction of sp³-hybridized carbons (Fsp3) is 0.500. The van der Waals surface area contributed by atoms with E-state index in [0.29, 0.717) is 74.2 Å². The number of ether oxygens (including phenoxy) is 2. The van der Waals surface area contributed by atoms with E-state index in [1.807, 2.05) is 0 Å². The zero-order chi connectivity index (χ0) is 34.4. The van der Waals surface area contributed by atoms with Crippen LogP contribution in [0.2, 0.25) is 0 Å². The third-order valence-corrected chi connectivity index (χ3v) is 6.85. The van der Waals surface area contributed by atoms with Crippen LogP contribution in [0.3, 0.4) is 0 Å². The van der Waals surface area contributed by atoms with Crippen molar-refractivity contribution in [3.63, 3.8) is 0 Å². The van der Waals surface area contributed by atoms with Crippen LogP contribution in [0.25, 0.3) is 22.8 Å². The van der Waals surface area contributed by atoms with E-state index >= 15 is 0 Å². The Labute approximate surface area is 278 Å². The second-order valence-corrected chi connectivity index (χ2v) is 10.6. The van der Waals surface area contributed by atoms with Gasteiger partial charge >= 0.3 is 0 Å². The van der Waals surface area contributed by atoms with Crippen molar-refractivity contribution in [2.75, 3.05) is 51.5 Å². The first-order valence-electron chi connectivity index (χ1n) is 15.8. The Morgan fingerprint density at radius 1 is 0.646 bits per heavy atom. The number of pyridine rings is 2. The molecular weight excluding hydrogens is 624 g/mol. The van der Waals surface area contributed by atoms with Crippen LogP contribution in [0.1, 0.15) is 56.9 Å². The fourth-order valence-electron chi connectivity index (χ4n) is 4.51. The van der Waals surface area contributed by atoms with Crippen LogP contribution in [-0.4, -0.2) is 110 Å². The number of ketones is 2. The molecule has 0 unspecified atom stereocenters. The Balaban J connectivity index is 1.51. The largest absolute Gasteiger partial charge is 0.394 e. The monoisotopic (exact) mass is 666 g/mol. The number of aromatic nitrogens is 6. The van der Waals surface area contributed by atoms with Crippen LogP contribution < -0.4 is 10.6 Å². The highest BCUT2D eigenvalue weighted by Crippen LogP contribution is 2.25. The molecule has 2 amide bonds. The molecule has 0 saturated heterocycles. The molecule has 16 heteroatoms. The second kappa shape index (κ2) is 22.0. The summed E-state index contributed by atoms with van der Waals surface area (Å²) in [5, 5.41) is 39.7. The zero-order valence-electron chi connectivity index (χ0n) is 26.8. The number of nitrogens with zero attached hydrogens (tertiary/aromatic N) is 6. The van der Waals surface area contributed by atoms with Gasteiger partial charge in [0.1, 0.15) is 11.6 Å². The molecule has 4 N–H and O–H groups in total. The topological polar surface area (TPSA) is 229 Å². The number of aliphatic hydroxyl groups excluding tert-OH is 2. The first-order valence-corrected chi connectivity index (χ1v) is 15.8. The standard InChI is InChI=1S/C32H42N8O8/c41-14-18-47-16-3-6-24(43)4-1-5-25(44)20-23-21-33-11-9-26(23)31-37-39-32(40-38-31)27-10-12-34-22-28(27)36-30(46)8-2-7-29(45)35-13-17-48-19-15-42/h9-12,21-22,41-42H,1-8,13-20H2,(H,35,45)(H,36,46). The van der Waals surface area contributed by atoms with E-state index < -0.39 is 0 Å². The first kappa shape index (κ1) is 37.8. The summed E-state index contributed by atoms with van der Waals surface area (Å²) in [5.41, 5.74) is 1.96. The van der Waals surface area contributed by atoms with E-state index in [2.05, 4.69) is 41.0 Å². The molecule has 16 nitrogen and oxygen atoms in total. The van der Waals surface area contributed by atoms with Crippen LogP contribution in [0.15, 0.2) is 36.9 Å². The van der Waals surface area contributed by atoms with Crippen molar-refractivity contribution in [3.8, 4) is 22.8 Å². The van der Waals surface area contributed by atoms with Crippen molar-refractivity contribution >= 4 is 29.1 Å². The number of anilines is 1. The molecule has 0 aromatic carbocycles. The molecule has 3 aromatic heterocycles. The molecule has 0 bridgehead atoms. The molecule has 0 spiro atoms. The van der Waals surface area contributed by atoms with E-state index in [1.54, 1.807) is 24.5 Å². The van der Waals surface area contributed by atoms with Gasteiger partial charge in [-0.25, -0.2) is 0 Å². The number of Topliss-reactive ketones (excluding diaryl/α,β-unsaturated/α-hetero) is 2. The van der Waals surface area contributed by atoms with Gasteiger partial charge in [0.05, 0.1) is 44.9 Å². The number of amides is 2. The molecule has 0 aliphatic heterocycles. The molecule has 0 atom stereocenters. The smallest absolute Gasteiger partial charge is 0.224 e. The lowest BCUT2D eigenvalue weighted by atomic mass is 10.0. The normalized spacial score (nSPS) is 10.9. The highest BCUT2D eigenvalue weighted by Gasteiger charge is 2.16. The SMILES string of the molecule is O=C(CCCOCCO)CCCC(=O)Cc1cnccc1-c1nnc(-c2ccncc2NC(=O)CCCC(=O)NCCOCCO)nn1. The lowest BCUT2D eigenvalue weighted by Gasteiger charge is -2.10. The number of hydrogen-bond acceptors (Lipinski definition) is 14. The Hall–Kier alpha value is -4.64. The Bertz CT molecular complexity index is 1350. The van der Waals surface area contributed by atoms with Crippen LogP contribution in [0, 0.1) is 0 Å². The molecule has 0 aliphatic rings. The van der Waals surface area contributed by atoms with Gasteiger partial charge in [-0.1, -0.05) is 0 Å². The predicted octanol–water partition coefficient (Wildman–Crippen LogP) is 1.26. The summed E-state index contributed by atoms with van der Waals surface area (Å²) < 4.78 is 10.2. The summed E-state index contributed by atoms with van der Waals surface area (Å²) in [4.78, 5) is 57.5. The fourth-order valence-corrected chi connectivity index (χ4v) is 4.51. The van der Waals surface area contributed by atoms with Crippen molar-refractivity contribution in [2.45, 2.75) is 57.8 Å². The van der Waals surface area contributed by atoms with Crippen LogP contribution >= 0.6 is 0 Å². The molecule has 0 aliphatic carbocycles. The van der Waals surface area contributed by atoms with Gasteiger partial charge in [0.2, 0.25) is 23.5 Å². The Kier molecular flexibility index (Phi) is 17.4. The third-order valence-electron chi connectivity index (χ3n) is 6.85. The highest BCUT2D eigenvalue weighted by molar-refractivity contribution is 5.94. The minimum absolute atomic E-state index is 0.0507. The van der Waals surface area contributed by atoms with Crippen molar-refractivity contribution in [2.24, 2.45) is 0 Å². The maximum Gasteiger partial charge on any atom is 0.224 e. The Morgan fingerprint density at radius 3 is 1.96 bits per heavy atom. The summed E-state index contributed by atoms with van der Waals surface area (Å²) in [6, 6.07) is 3.29. The molecular formula is C32H42N8O8. The summed E-state index contributed by atoms with van der Waals surface area (Å²) in [6.45, 7) is 1.36. The van der Waals surface area contributed by atoms with Gasteiger partial charge in [0.15, 0.2) is 0 Å². The van der Waals surface area contributed by atoms with Crippen molar-refractivity contribution in [3.05, 3.63) is 42.5 Å². The molecule has 3 heterocycles. The Morgan fingerprint density at radius 2 is 1.23 bits per heavy atom. The average molecular weight is 667 g/mol. The van der Waals surface area contributed by atoms with E-state index in [-0.39, 0.29) is 87.1 Å². The van der Waals surface area contributed by atoms with Crippen LogP contribution in [0.4, 0.5) is 5.69 Å². The number of rotatable bonds is 24. The van der Waals surface area contributed by atoms with Crippen LogP contribution in [-0.2, 0) is 35.1 Å². The molecule has 48 heavy (non-hydrogen) atoms. The number of aliphatic hydroxyl groups is 2. The van der Waals surface area contributed by atoms with Gasteiger partial charge in [0.25, 0.3) is 0 Å². The lowest BCUT2D eigenvalue weighted by molar-refractivity contribution is -0.122. The van der Waals surface area contributed by atoms with Gasteiger partial charge < -0.3 is 30.3 Å². The van der Waals surface area contributed by atoms with Crippen LogP contribution in [0.5, 0.6) is 0 Å². The van der Waals surface area contributed by atoms with Gasteiger partial charge in [-0.2, -0.15) is 0 Å². The molecule has 3 rings (SSSR count). The average Bonchev–Trinajstić information content (AvgIpc) is 3.09. The van der Waals surface area contributed by atoms with Crippen molar-refractivity contribution in [1.82, 2.24) is 35.7 Å². The molecule has 3 aromatic rings. The van der Waals surface area contributed by atoms with E-state index in [0.717, 1.165) is 0 Å². The number of nitrogens with one attached hydrogen (secondary N) is 2. The van der Waals surface area contributed by atoms with Crippen molar-refractivity contribution < 1.29 is 38.9 Å². The van der Waals surface area contributed by atoms with E-state index in [4.69, 9.17) is 19.7 Å². The maximum absolute atomic E-state index is 12.7. The molecule has 0 saturated carbocycles. The van der Waals surface area contributed by atoms with Gasteiger partial charge in [-0.05, 0) is 37.0 Å². The number of carbonyl (C=O) groups is 4. The zero-order valence-corrected chi connectivity index (χ0v) is 26.8. The van der Waals surface area contributed by atoms with E-state index in [1.165, 1.54) is 12.4 Å². The summed E-state index contributed by atoms with van der Waals surface area (Å²) in [7, 11) is 0. The second-order valence-electron chi connectivity index (χ2n) is 10.6. The van der Waals surface area contributed by atoms with Gasteiger partial charge in [0, 0.05) is 81.4 Å². The molecule has 0 fully saturated rings. The summed E-state index contributed by atoms with van der Waals surface area (Å²) in [6.07, 6.45) is 8.71. The highest BCUT2D eigenvalue weighted by atomic mass is 16.5. The van der Waals surface area contributed by atoms with Gasteiger partial charge in [-0.3, -0.25) is 29.1 Å².